The van der Waals surface area contributed by atoms with Crippen molar-refractivity contribution in [1.29, 1.82) is 0 Å². The highest BCUT2D eigenvalue weighted by Crippen LogP contribution is 2.35. The highest BCUT2D eigenvalue weighted by molar-refractivity contribution is 5.30. The molecule has 0 radical (unpaired) electrons. The Bertz CT molecular complexity index is 500. The number of nitrogens with zero attached hydrogens (tertiary/aromatic N) is 2. The molecule has 3 atom stereocenters. The fourth-order valence-corrected chi connectivity index (χ4v) is 4.23. The molecular formula is C18H26N2O2. The van der Waals surface area contributed by atoms with E-state index in [4.69, 9.17) is 9.47 Å². The van der Waals surface area contributed by atoms with Crippen LogP contribution in [0.4, 0.5) is 0 Å². The van der Waals surface area contributed by atoms with Crippen LogP contribution in [0, 0.1) is 0 Å². The van der Waals surface area contributed by atoms with Crippen molar-refractivity contribution in [3.8, 4) is 0 Å². The number of rotatable bonds is 3. The summed E-state index contributed by atoms with van der Waals surface area (Å²) in [6, 6.07) is 2.85. The van der Waals surface area contributed by atoms with Gasteiger partial charge < -0.3 is 9.47 Å². The molecule has 2 aliphatic heterocycles. The predicted octanol–water partition coefficient (Wildman–Crippen LogP) is 2.73. The van der Waals surface area contributed by atoms with Gasteiger partial charge in [-0.3, -0.25) is 9.88 Å². The Morgan fingerprint density at radius 2 is 2.18 bits per heavy atom. The van der Waals surface area contributed by atoms with E-state index in [0.717, 1.165) is 32.6 Å². The van der Waals surface area contributed by atoms with Crippen molar-refractivity contribution in [2.24, 2.45) is 0 Å². The molecule has 0 bridgehead atoms. The Labute approximate surface area is 132 Å². The summed E-state index contributed by atoms with van der Waals surface area (Å²) in [4.78, 5) is 6.87. The molecule has 2 fully saturated rings. The van der Waals surface area contributed by atoms with Crippen molar-refractivity contribution in [3.05, 3.63) is 29.6 Å². The molecule has 22 heavy (non-hydrogen) atoms. The molecule has 4 rings (SSSR count). The lowest BCUT2D eigenvalue weighted by Gasteiger charge is -2.26. The molecule has 0 spiro atoms. The van der Waals surface area contributed by atoms with Gasteiger partial charge in [0.1, 0.15) is 0 Å². The average molecular weight is 302 g/mol. The van der Waals surface area contributed by atoms with E-state index < -0.39 is 0 Å². The normalized spacial score (nSPS) is 32.8. The van der Waals surface area contributed by atoms with Crippen molar-refractivity contribution in [3.63, 3.8) is 0 Å². The van der Waals surface area contributed by atoms with E-state index in [9.17, 15) is 0 Å². The SMILES string of the molecule is c1cc2c(cn1)CCC2O[C@@H]1CCN(C2CCCOCC2)C1. The lowest BCUT2D eigenvalue weighted by atomic mass is 10.1. The number of likely N-dealkylation sites (tertiary alicyclic amines) is 1. The summed E-state index contributed by atoms with van der Waals surface area (Å²) in [6.45, 7) is 4.15. The van der Waals surface area contributed by atoms with Crippen molar-refractivity contribution < 1.29 is 9.47 Å². The molecule has 3 heterocycles. The fourth-order valence-electron chi connectivity index (χ4n) is 4.23. The van der Waals surface area contributed by atoms with Gasteiger partial charge in [0, 0.05) is 44.7 Å². The molecular weight excluding hydrogens is 276 g/mol. The van der Waals surface area contributed by atoms with Gasteiger partial charge in [-0.2, -0.15) is 0 Å². The molecule has 1 aliphatic carbocycles. The van der Waals surface area contributed by atoms with Crippen molar-refractivity contribution in [2.45, 2.75) is 56.8 Å². The van der Waals surface area contributed by atoms with Crippen LogP contribution in [0.5, 0.6) is 0 Å². The van der Waals surface area contributed by atoms with Crippen LogP contribution in [0.3, 0.4) is 0 Å². The molecule has 1 aromatic heterocycles. The topological polar surface area (TPSA) is 34.6 Å². The summed E-state index contributed by atoms with van der Waals surface area (Å²) >= 11 is 0. The first-order valence-corrected chi connectivity index (χ1v) is 8.80. The number of pyridine rings is 1. The van der Waals surface area contributed by atoms with Gasteiger partial charge in [0.05, 0.1) is 12.2 Å². The Kier molecular flexibility index (Phi) is 4.42. The smallest absolute Gasteiger partial charge is 0.0836 e. The molecule has 4 nitrogen and oxygen atoms in total. The first kappa shape index (κ1) is 14.6. The second-order valence-electron chi connectivity index (χ2n) is 6.84. The summed E-state index contributed by atoms with van der Waals surface area (Å²) in [7, 11) is 0. The second-order valence-corrected chi connectivity index (χ2v) is 6.84. The third kappa shape index (κ3) is 3.05. The molecule has 1 aromatic rings. The van der Waals surface area contributed by atoms with Crippen LogP contribution < -0.4 is 0 Å². The molecule has 120 valence electrons. The lowest BCUT2D eigenvalue weighted by molar-refractivity contribution is -0.00902. The Balaban J connectivity index is 1.34. The van der Waals surface area contributed by atoms with E-state index in [-0.39, 0.29) is 0 Å². The van der Waals surface area contributed by atoms with Gasteiger partial charge in [0.2, 0.25) is 0 Å². The predicted molar refractivity (Wildman–Crippen MR) is 84.8 cm³/mol. The van der Waals surface area contributed by atoms with E-state index in [1.54, 1.807) is 0 Å². The van der Waals surface area contributed by atoms with Gasteiger partial charge in [-0.15, -0.1) is 0 Å². The summed E-state index contributed by atoms with van der Waals surface area (Å²) in [5.74, 6) is 0. The van der Waals surface area contributed by atoms with Crippen LogP contribution >= 0.6 is 0 Å². The van der Waals surface area contributed by atoms with Gasteiger partial charge in [-0.1, -0.05) is 0 Å². The maximum absolute atomic E-state index is 6.45. The first-order chi connectivity index (χ1) is 10.9. The van der Waals surface area contributed by atoms with Gasteiger partial charge in [-0.05, 0) is 55.7 Å². The maximum Gasteiger partial charge on any atom is 0.0836 e. The molecule has 4 heteroatoms. The van der Waals surface area contributed by atoms with E-state index in [1.807, 2.05) is 12.4 Å². The number of aromatic nitrogens is 1. The monoisotopic (exact) mass is 302 g/mol. The molecule has 0 amide bonds. The Morgan fingerprint density at radius 3 is 3.18 bits per heavy atom. The van der Waals surface area contributed by atoms with Crippen LogP contribution in [0.25, 0.3) is 0 Å². The highest BCUT2D eigenvalue weighted by atomic mass is 16.5. The number of aryl methyl sites for hydroxylation is 1. The van der Waals surface area contributed by atoms with Crippen molar-refractivity contribution in [2.75, 3.05) is 26.3 Å². The zero-order valence-electron chi connectivity index (χ0n) is 13.2. The standard InChI is InChI=1S/C18H26N2O2/c1-2-15(7-11-21-10-1)20-9-6-16(13-20)22-18-4-3-14-12-19-8-5-17(14)18/h5,8,12,15-16,18H,1-4,6-7,9-11,13H2/t15?,16-,18?/m1/s1. The zero-order valence-corrected chi connectivity index (χ0v) is 13.2. The Hall–Kier alpha value is -0.970. The Morgan fingerprint density at radius 1 is 1.18 bits per heavy atom. The van der Waals surface area contributed by atoms with Crippen LogP contribution in [-0.2, 0) is 15.9 Å². The minimum atomic E-state index is 0.292. The number of hydrogen-bond acceptors (Lipinski definition) is 4. The number of hydrogen-bond donors (Lipinski definition) is 0. The molecule has 0 N–H and O–H groups in total. The van der Waals surface area contributed by atoms with Gasteiger partial charge >= 0.3 is 0 Å². The van der Waals surface area contributed by atoms with Crippen LogP contribution in [-0.4, -0.2) is 48.3 Å². The molecule has 3 aliphatic rings. The largest absolute Gasteiger partial charge is 0.381 e. The minimum absolute atomic E-state index is 0.292. The van der Waals surface area contributed by atoms with E-state index >= 15 is 0 Å². The van der Waals surface area contributed by atoms with Crippen molar-refractivity contribution in [1.82, 2.24) is 9.88 Å². The summed E-state index contributed by atoms with van der Waals surface area (Å²) in [6.07, 6.45) is 11.7. The van der Waals surface area contributed by atoms with Crippen molar-refractivity contribution >= 4 is 0 Å². The zero-order chi connectivity index (χ0) is 14.8. The number of fused-ring (bicyclic) bond motifs is 1. The summed E-state index contributed by atoms with van der Waals surface area (Å²) in [5.41, 5.74) is 2.75. The molecule has 2 saturated heterocycles. The quantitative estimate of drug-likeness (QED) is 0.860. The van der Waals surface area contributed by atoms with Gasteiger partial charge in [-0.25, -0.2) is 0 Å². The lowest BCUT2D eigenvalue weighted by Crippen LogP contribution is -2.34. The summed E-state index contributed by atoms with van der Waals surface area (Å²) in [5, 5.41) is 0. The third-order valence-electron chi connectivity index (χ3n) is 5.44. The molecule has 2 unspecified atom stereocenters. The third-order valence-corrected chi connectivity index (χ3v) is 5.44. The maximum atomic E-state index is 6.45. The van der Waals surface area contributed by atoms with Crippen LogP contribution in [0.2, 0.25) is 0 Å². The molecule has 0 aromatic carbocycles. The van der Waals surface area contributed by atoms with Gasteiger partial charge in [0.15, 0.2) is 0 Å². The van der Waals surface area contributed by atoms with Crippen LogP contribution in [0.15, 0.2) is 18.5 Å². The second kappa shape index (κ2) is 6.65. The first-order valence-electron chi connectivity index (χ1n) is 8.80. The van der Waals surface area contributed by atoms with E-state index in [1.165, 1.54) is 43.4 Å². The number of ether oxygens (including phenoxy) is 2. The van der Waals surface area contributed by atoms with Crippen LogP contribution in [0.1, 0.15) is 49.3 Å². The average Bonchev–Trinajstić information content (AvgIpc) is 3.08. The summed E-state index contributed by atoms with van der Waals surface area (Å²) < 4.78 is 12.0. The molecule has 0 saturated carbocycles. The fraction of sp³-hybridized carbons (Fsp3) is 0.722. The van der Waals surface area contributed by atoms with Gasteiger partial charge in [0.25, 0.3) is 0 Å². The van der Waals surface area contributed by atoms with E-state index in [0.29, 0.717) is 18.2 Å². The minimum Gasteiger partial charge on any atom is -0.381 e. The van der Waals surface area contributed by atoms with E-state index in [2.05, 4.69) is 16.0 Å². The highest BCUT2D eigenvalue weighted by Gasteiger charge is 2.32.